The van der Waals surface area contributed by atoms with Crippen molar-refractivity contribution < 1.29 is 4.74 Å². The van der Waals surface area contributed by atoms with Crippen LogP contribution in [0.1, 0.15) is 29.2 Å². The van der Waals surface area contributed by atoms with Crippen LogP contribution in [0.25, 0.3) is 0 Å². The lowest BCUT2D eigenvalue weighted by atomic mass is 9.98. The minimum Gasteiger partial charge on any atom is -0.497 e. The fourth-order valence-electron chi connectivity index (χ4n) is 2.48. The topological polar surface area (TPSA) is 37.9 Å². The lowest BCUT2D eigenvalue weighted by molar-refractivity contribution is 0.414. The van der Waals surface area contributed by atoms with Crippen LogP contribution in [0, 0.1) is 0 Å². The molecule has 0 aliphatic heterocycles. The third-order valence-corrected chi connectivity index (χ3v) is 3.31. The average molecular weight is 214 g/mol. The number of aromatic amines is 1. The van der Waals surface area contributed by atoms with Crippen LogP contribution >= 0.6 is 0 Å². The van der Waals surface area contributed by atoms with Crippen LogP contribution in [0.3, 0.4) is 0 Å². The monoisotopic (exact) mass is 214 g/mol. The second kappa shape index (κ2) is 3.67. The van der Waals surface area contributed by atoms with Crippen molar-refractivity contribution in [2.75, 3.05) is 7.11 Å². The van der Waals surface area contributed by atoms with Gasteiger partial charge in [-0.3, -0.25) is 0 Å². The smallest absolute Gasteiger partial charge is 0.119 e. The Balaban J connectivity index is 2.04. The second-order valence-electron chi connectivity index (χ2n) is 4.15. The van der Waals surface area contributed by atoms with Crippen molar-refractivity contribution in [2.24, 2.45) is 0 Å². The lowest BCUT2D eigenvalue weighted by Crippen LogP contribution is -1.96. The molecule has 1 heterocycles. The van der Waals surface area contributed by atoms with Gasteiger partial charge in [-0.15, -0.1) is 0 Å². The number of aryl methyl sites for hydroxylation is 1. The Hall–Kier alpha value is -1.77. The molecule has 1 aromatic heterocycles. The normalized spacial score (nSPS) is 18.4. The van der Waals surface area contributed by atoms with E-state index < -0.39 is 0 Å². The summed E-state index contributed by atoms with van der Waals surface area (Å²) in [4.78, 5) is 7.38. The number of hydrogen-bond acceptors (Lipinski definition) is 2. The molecule has 0 amide bonds. The standard InChI is InChI=1S/C13H14N2O/c1-16-10-4-2-9-3-5-11(12(9)6-10)13-7-14-8-15-13/h2,4,6-8,11H,3,5H2,1H3,(H,14,15). The van der Waals surface area contributed by atoms with E-state index in [1.165, 1.54) is 11.1 Å². The summed E-state index contributed by atoms with van der Waals surface area (Å²) in [5.74, 6) is 1.36. The van der Waals surface area contributed by atoms with E-state index in [-0.39, 0.29) is 0 Å². The van der Waals surface area contributed by atoms with Crippen LogP contribution in [0.4, 0.5) is 0 Å². The number of methoxy groups -OCH3 is 1. The third-order valence-electron chi connectivity index (χ3n) is 3.31. The predicted molar refractivity (Wildman–Crippen MR) is 61.7 cm³/mol. The van der Waals surface area contributed by atoms with E-state index >= 15 is 0 Å². The number of H-pyrrole nitrogens is 1. The summed E-state index contributed by atoms with van der Waals surface area (Å²) in [5, 5.41) is 0. The van der Waals surface area contributed by atoms with Gasteiger partial charge in [0.2, 0.25) is 0 Å². The Labute approximate surface area is 94.5 Å². The molecule has 82 valence electrons. The van der Waals surface area contributed by atoms with Gasteiger partial charge < -0.3 is 9.72 Å². The first-order valence-corrected chi connectivity index (χ1v) is 5.54. The third kappa shape index (κ3) is 1.40. The quantitative estimate of drug-likeness (QED) is 0.834. The van der Waals surface area contributed by atoms with Crippen LogP contribution < -0.4 is 4.74 Å². The van der Waals surface area contributed by atoms with Gasteiger partial charge in [0.15, 0.2) is 0 Å². The number of imidazole rings is 1. The largest absolute Gasteiger partial charge is 0.497 e. The molecule has 3 rings (SSSR count). The zero-order valence-electron chi connectivity index (χ0n) is 9.23. The summed E-state index contributed by atoms with van der Waals surface area (Å²) in [6.45, 7) is 0. The fourth-order valence-corrected chi connectivity index (χ4v) is 2.48. The maximum Gasteiger partial charge on any atom is 0.119 e. The van der Waals surface area contributed by atoms with Gasteiger partial charge in [0.1, 0.15) is 5.75 Å². The number of nitrogens with one attached hydrogen (secondary N) is 1. The number of rotatable bonds is 2. The zero-order valence-corrected chi connectivity index (χ0v) is 9.23. The average Bonchev–Trinajstić information content (AvgIpc) is 2.96. The summed E-state index contributed by atoms with van der Waals surface area (Å²) in [7, 11) is 1.71. The van der Waals surface area contributed by atoms with Gasteiger partial charge in [-0.2, -0.15) is 0 Å². The van der Waals surface area contributed by atoms with E-state index in [1.807, 2.05) is 12.3 Å². The van der Waals surface area contributed by atoms with Crippen molar-refractivity contribution >= 4 is 0 Å². The first-order valence-electron chi connectivity index (χ1n) is 5.54. The molecule has 1 aromatic carbocycles. The van der Waals surface area contributed by atoms with Crippen LogP contribution in [0.2, 0.25) is 0 Å². The van der Waals surface area contributed by atoms with Crippen LogP contribution in [-0.2, 0) is 6.42 Å². The molecule has 3 heteroatoms. The van der Waals surface area contributed by atoms with Crippen molar-refractivity contribution in [3.8, 4) is 5.75 Å². The molecule has 1 aliphatic rings. The van der Waals surface area contributed by atoms with Crippen LogP contribution in [0.15, 0.2) is 30.7 Å². The maximum absolute atomic E-state index is 5.28. The van der Waals surface area contributed by atoms with Gasteiger partial charge in [0.25, 0.3) is 0 Å². The molecule has 0 saturated carbocycles. The predicted octanol–water partition coefficient (Wildman–Crippen LogP) is 2.50. The SMILES string of the molecule is COc1ccc2c(c1)C(c1c[nH]cn1)CC2. The molecule has 1 N–H and O–H groups in total. The number of benzene rings is 1. The zero-order chi connectivity index (χ0) is 11.0. The number of hydrogen-bond donors (Lipinski definition) is 1. The first-order chi connectivity index (χ1) is 7.88. The summed E-state index contributed by atoms with van der Waals surface area (Å²) in [6.07, 6.45) is 6.01. The van der Waals surface area contributed by atoms with E-state index in [0.29, 0.717) is 5.92 Å². The van der Waals surface area contributed by atoms with E-state index in [1.54, 1.807) is 13.4 Å². The number of fused-ring (bicyclic) bond motifs is 1. The molecule has 3 nitrogen and oxygen atoms in total. The number of nitrogens with zero attached hydrogens (tertiary/aromatic N) is 1. The molecule has 1 aliphatic carbocycles. The summed E-state index contributed by atoms with van der Waals surface area (Å²) < 4.78 is 5.28. The molecule has 0 fully saturated rings. The molecular formula is C13H14N2O. The second-order valence-corrected chi connectivity index (χ2v) is 4.15. The molecule has 1 atom stereocenters. The van der Waals surface area contributed by atoms with Crippen molar-refractivity contribution in [3.05, 3.63) is 47.5 Å². The summed E-state index contributed by atoms with van der Waals surface area (Å²) in [6, 6.07) is 6.34. The molecule has 0 spiro atoms. The minimum atomic E-state index is 0.427. The van der Waals surface area contributed by atoms with Crippen molar-refractivity contribution in [1.82, 2.24) is 9.97 Å². The van der Waals surface area contributed by atoms with Gasteiger partial charge in [0, 0.05) is 12.1 Å². The van der Waals surface area contributed by atoms with E-state index in [0.717, 1.165) is 24.3 Å². The van der Waals surface area contributed by atoms with E-state index in [9.17, 15) is 0 Å². The highest BCUT2D eigenvalue weighted by atomic mass is 16.5. The molecule has 2 aromatic rings. The van der Waals surface area contributed by atoms with E-state index in [4.69, 9.17) is 4.74 Å². The molecule has 16 heavy (non-hydrogen) atoms. The van der Waals surface area contributed by atoms with Gasteiger partial charge in [0.05, 0.1) is 19.1 Å². The fraction of sp³-hybridized carbons (Fsp3) is 0.308. The van der Waals surface area contributed by atoms with Crippen molar-refractivity contribution in [1.29, 1.82) is 0 Å². The lowest BCUT2D eigenvalue weighted by Gasteiger charge is -2.09. The molecule has 0 bridgehead atoms. The van der Waals surface area contributed by atoms with Gasteiger partial charge in [-0.05, 0) is 36.1 Å². The Kier molecular flexibility index (Phi) is 2.17. The van der Waals surface area contributed by atoms with Gasteiger partial charge in [-0.1, -0.05) is 6.07 Å². The highest BCUT2D eigenvalue weighted by Gasteiger charge is 2.25. The number of aromatic nitrogens is 2. The van der Waals surface area contributed by atoms with Crippen molar-refractivity contribution in [3.63, 3.8) is 0 Å². The summed E-state index contributed by atoms with van der Waals surface area (Å²) in [5.41, 5.74) is 3.92. The minimum absolute atomic E-state index is 0.427. The molecule has 1 unspecified atom stereocenters. The Morgan fingerprint density at radius 1 is 1.44 bits per heavy atom. The summed E-state index contributed by atoms with van der Waals surface area (Å²) >= 11 is 0. The van der Waals surface area contributed by atoms with Gasteiger partial charge in [-0.25, -0.2) is 4.98 Å². The molecular weight excluding hydrogens is 200 g/mol. The Morgan fingerprint density at radius 3 is 3.12 bits per heavy atom. The molecule has 0 radical (unpaired) electrons. The highest BCUT2D eigenvalue weighted by molar-refractivity contribution is 5.44. The Morgan fingerprint density at radius 2 is 2.38 bits per heavy atom. The van der Waals surface area contributed by atoms with Crippen LogP contribution in [-0.4, -0.2) is 17.1 Å². The first kappa shape index (κ1) is 9.46. The highest BCUT2D eigenvalue weighted by Crippen LogP contribution is 2.38. The van der Waals surface area contributed by atoms with Gasteiger partial charge >= 0.3 is 0 Å². The van der Waals surface area contributed by atoms with Crippen LogP contribution in [0.5, 0.6) is 5.75 Å². The molecule has 0 saturated heterocycles. The number of ether oxygens (including phenoxy) is 1. The van der Waals surface area contributed by atoms with E-state index in [2.05, 4.69) is 22.1 Å². The maximum atomic E-state index is 5.28. The van der Waals surface area contributed by atoms with Crippen molar-refractivity contribution in [2.45, 2.75) is 18.8 Å². The Bertz CT molecular complexity index is 491.